The molecule has 0 spiro atoms. The largest absolute Gasteiger partial charge is 0.394 e. The molecule has 1 saturated heterocycles. The molecule has 118 valence electrons. The van der Waals surface area contributed by atoms with Crippen molar-refractivity contribution in [3.05, 3.63) is 34.7 Å². The van der Waals surface area contributed by atoms with Gasteiger partial charge < -0.3 is 25.5 Å². The number of pyridine rings is 2. The fourth-order valence-corrected chi connectivity index (χ4v) is 2.78. The zero-order valence-corrected chi connectivity index (χ0v) is 12.4. The van der Waals surface area contributed by atoms with E-state index in [2.05, 4.69) is 20.6 Å². The average Bonchev–Trinajstić information content (AvgIpc) is 2.52. The summed E-state index contributed by atoms with van der Waals surface area (Å²) in [6.45, 7) is 3.45. The number of H-pyrrole nitrogens is 1. The summed E-state index contributed by atoms with van der Waals surface area (Å²) in [5.41, 5.74) is 0.457. The lowest BCUT2D eigenvalue weighted by Gasteiger charge is -2.40. The number of ether oxygens (including phenoxy) is 1. The molecule has 1 aliphatic heterocycles. The number of aromatic amines is 1. The molecule has 3 heterocycles. The number of hydrogen-bond donors (Lipinski definition) is 4. The van der Waals surface area contributed by atoms with Crippen LogP contribution in [-0.4, -0.2) is 53.0 Å². The molecule has 0 aromatic carbocycles. The molecule has 1 fully saturated rings. The van der Waals surface area contributed by atoms with Crippen molar-refractivity contribution >= 4 is 16.7 Å². The van der Waals surface area contributed by atoms with Gasteiger partial charge in [-0.3, -0.25) is 4.79 Å². The molecule has 7 heteroatoms. The Balaban J connectivity index is 1.85. The zero-order valence-electron chi connectivity index (χ0n) is 12.4. The summed E-state index contributed by atoms with van der Waals surface area (Å²) in [6, 6.07) is 5.37. The number of morpholine rings is 1. The van der Waals surface area contributed by atoms with E-state index in [1.165, 1.54) is 6.07 Å². The summed E-state index contributed by atoms with van der Waals surface area (Å²) in [6.07, 6.45) is 1.63. The topological polar surface area (TPSA) is 99.3 Å². The molecular weight excluding hydrogens is 284 g/mol. The molecule has 0 unspecified atom stereocenters. The maximum atomic E-state index is 11.7. The van der Waals surface area contributed by atoms with E-state index in [1.54, 1.807) is 6.20 Å². The van der Waals surface area contributed by atoms with Crippen molar-refractivity contribution in [2.75, 3.05) is 31.7 Å². The molecule has 2 aromatic heterocycles. The van der Waals surface area contributed by atoms with E-state index >= 15 is 0 Å². The lowest BCUT2D eigenvalue weighted by atomic mass is 9.98. The summed E-state index contributed by atoms with van der Waals surface area (Å²) in [7, 11) is 0. The average molecular weight is 304 g/mol. The molecule has 3 rings (SSSR count). The van der Waals surface area contributed by atoms with Gasteiger partial charge in [-0.15, -0.1) is 0 Å². The lowest BCUT2D eigenvalue weighted by Crippen LogP contribution is -2.63. The molecule has 0 bridgehead atoms. The number of hydrogen-bond acceptors (Lipinski definition) is 6. The Hall–Kier alpha value is -1.96. The van der Waals surface area contributed by atoms with Crippen LogP contribution in [0.3, 0.4) is 0 Å². The van der Waals surface area contributed by atoms with Gasteiger partial charge in [0.25, 0.3) is 5.56 Å². The Morgan fingerprint density at radius 2 is 2.45 bits per heavy atom. The third-order valence-electron chi connectivity index (χ3n) is 3.83. The second-order valence-corrected chi connectivity index (χ2v) is 5.80. The van der Waals surface area contributed by atoms with Crippen molar-refractivity contribution in [3.63, 3.8) is 0 Å². The number of aliphatic hydroxyl groups is 1. The quantitative estimate of drug-likeness (QED) is 0.638. The SMILES string of the molecule is C[C@@H]1COC[C@@](CO)(CNc2cc(=O)[nH]c3ncccc23)N1. The van der Waals surface area contributed by atoms with E-state index in [9.17, 15) is 9.90 Å². The lowest BCUT2D eigenvalue weighted by molar-refractivity contribution is -0.0157. The van der Waals surface area contributed by atoms with Crippen LogP contribution in [0.4, 0.5) is 5.69 Å². The fourth-order valence-electron chi connectivity index (χ4n) is 2.78. The van der Waals surface area contributed by atoms with E-state index in [4.69, 9.17) is 4.74 Å². The van der Waals surface area contributed by atoms with E-state index in [1.807, 2.05) is 19.1 Å². The van der Waals surface area contributed by atoms with Crippen LogP contribution >= 0.6 is 0 Å². The van der Waals surface area contributed by atoms with Gasteiger partial charge in [0.05, 0.1) is 31.0 Å². The van der Waals surface area contributed by atoms with Gasteiger partial charge in [0.15, 0.2) is 0 Å². The van der Waals surface area contributed by atoms with Crippen molar-refractivity contribution < 1.29 is 9.84 Å². The first-order chi connectivity index (χ1) is 10.6. The highest BCUT2D eigenvalue weighted by Gasteiger charge is 2.34. The molecule has 0 aliphatic carbocycles. The number of anilines is 1. The number of fused-ring (bicyclic) bond motifs is 1. The molecule has 4 N–H and O–H groups in total. The van der Waals surface area contributed by atoms with Crippen LogP contribution in [0.25, 0.3) is 11.0 Å². The molecule has 0 saturated carbocycles. The van der Waals surface area contributed by atoms with Crippen LogP contribution in [0.1, 0.15) is 6.92 Å². The van der Waals surface area contributed by atoms with Gasteiger partial charge in [-0.05, 0) is 19.1 Å². The Morgan fingerprint density at radius 1 is 1.59 bits per heavy atom. The van der Waals surface area contributed by atoms with Gasteiger partial charge in [-0.2, -0.15) is 0 Å². The molecule has 0 amide bonds. The second-order valence-electron chi connectivity index (χ2n) is 5.80. The Bertz CT molecular complexity index is 717. The van der Waals surface area contributed by atoms with Crippen LogP contribution in [-0.2, 0) is 4.74 Å². The van der Waals surface area contributed by atoms with Crippen LogP contribution in [0, 0.1) is 0 Å². The van der Waals surface area contributed by atoms with Crippen molar-refractivity contribution in [3.8, 4) is 0 Å². The molecule has 22 heavy (non-hydrogen) atoms. The smallest absolute Gasteiger partial charge is 0.251 e. The minimum atomic E-state index is -0.561. The number of nitrogens with one attached hydrogen (secondary N) is 3. The molecule has 0 radical (unpaired) electrons. The van der Waals surface area contributed by atoms with Crippen LogP contribution in [0.2, 0.25) is 0 Å². The first kappa shape index (κ1) is 15.0. The summed E-state index contributed by atoms with van der Waals surface area (Å²) in [4.78, 5) is 18.6. The first-order valence-corrected chi connectivity index (χ1v) is 7.30. The van der Waals surface area contributed by atoms with E-state index in [0.29, 0.717) is 31.1 Å². The second kappa shape index (κ2) is 6.04. The summed E-state index contributed by atoms with van der Waals surface area (Å²) < 4.78 is 5.55. The molecule has 2 atom stereocenters. The van der Waals surface area contributed by atoms with E-state index in [-0.39, 0.29) is 18.2 Å². The van der Waals surface area contributed by atoms with Crippen molar-refractivity contribution in [2.45, 2.75) is 18.5 Å². The zero-order chi connectivity index (χ0) is 15.6. The number of rotatable bonds is 4. The van der Waals surface area contributed by atoms with Gasteiger partial charge >= 0.3 is 0 Å². The molecule has 7 nitrogen and oxygen atoms in total. The Morgan fingerprint density at radius 3 is 3.23 bits per heavy atom. The van der Waals surface area contributed by atoms with Crippen molar-refractivity contribution in [1.29, 1.82) is 0 Å². The predicted molar refractivity (Wildman–Crippen MR) is 84.1 cm³/mol. The Kier molecular flexibility index (Phi) is 4.10. The van der Waals surface area contributed by atoms with E-state index < -0.39 is 5.54 Å². The summed E-state index contributed by atoms with van der Waals surface area (Å²) in [5, 5.41) is 17.2. The monoisotopic (exact) mass is 304 g/mol. The normalized spacial score (nSPS) is 25.3. The highest BCUT2D eigenvalue weighted by atomic mass is 16.5. The Labute approximate surface area is 127 Å². The maximum absolute atomic E-state index is 11.7. The van der Waals surface area contributed by atoms with Gasteiger partial charge in [0, 0.05) is 30.2 Å². The maximum Gasteiger partial charge on any atom is 0.251 e. The standard InChI is InChI=1S/C15H20N4O3/c1-10-6-22-9-15(8-20,19-10)7-17-12-5-13(21)18-14-11(12)3-2-4-16-14/h2-5,10,19-20H,6-9H2,1H3,(H2,16,17,18,21)/t10-,15+/m1/s1. The number of aliphatic hydroxyl groups excluding tert-OH is 1. The van der Waals surface area contributed by atoms with E-state index in [0.717, 1.165) is 5.39 Å². The third-order valence-corrected chi connectivity index (χ3v) is 3.83. The van der Waals surface area contributed by atoms with Gasteiger partial charge in [-0.1, -0.05) is 0 Å². The summed E-state index contributed by atoms with van der Waals surface area (Å²) in [5.74, 6) is 0. The minimum absolute atomic E-state index is 0.0519. The molecule has 2 aromatic rings. The van der Waals surface area contributed by atoms with Gasteiger partial charge in [-0.25, -0.2) is 4.98 Å². The van der Waals surface area contributed by atoms with Crippen LogP contribution < -0.4 is 16.2 Å². The van der Waals surface area contributed by atoms with Gasteiger partial charge in [0.2, 0.25) is 0 Å². The molecular formula is C15H20N4O3. The van der Waals surface area contributed by atoms with Gasteiger partial charge in [0.1, 0.15) is 5.65 Å². The minimum Gasteiger partial charge on any atom is -0.394 e. The van der Waals surface area contributed by atoms with Crippen LogP contribution in [0.15, 0.2) is 29.2 Å². The third kappa shape index (κ3) is 2.96. The van der Waals surface area contributed by atoms with Crippen molar-refractivity contribution in [1.82, 2.24) is 15.3 Å². The van der Waals surface area contributed by atoms with Crippen LogP contribution in [0.5, 0.6) is 0 Å². The summed E-state index contributed by atoms with van der Waals surface area (Å²) >= 11 is 0. The number of aromatic nitrogens is 2. The molecule has 1 aliphatic rings. The highest BCUT2D eigenvalue weighted by Crippen LogP contribution is 2.20. The fraction of sp³-hybridized carbons (Fsp3) is 0.467. The first-order valence-electron chi connectivity index (χ1n) is 7.30. The highest BCUT2D eigenvalue weighted by molar-refractivity contribution is 5.88. The predicted octanol–water partition coefficient (Wildman–Crippen LogP) is 0.0744. The number of nitrogens with zero attached hydrogens (tertiary/aromatic N) is 1. The van der Waals surface area contributed by atoms with Crippen molar-refractivity contribution in [2.24, 2.45) is 0 Å².